The Kier molecular flexibility index (Phi) is 13.0. The molecule has 30 heavy (non-hydrogen) atoms. The number of carbonyl (C=O) groups excluding carboxylic acids is 4. The maximum absolute atomic E-state index is 12.3. The number of Topliss-reactive ketones (excluding diaryl/α,β-unsaturated/α-hetero) is 1. The minimum Gasteiger partial charge on any atom is -0.480 e. The summed E-state index contributed by atoms with van der Waals surface area (Å²) in [6.07, 6.45) is -0.537. The molecule has 14 heteroatoms. The van der Waals surface area contributed by atoms with Gasteiger partial charge < -0.3 is 36.4 Å². The fraction of sp³-hybridized carbons (Fsp3) is 0.625. The zero-order valence-corrected chi connectivity index (χ0v) is 17.0. The number of ketones is 1. The van der Waals surface area contributed by atoms with E-state index in [0.29, 0.717) is 0 Å². The number of thioether (sulfide) groups is 1. The van der Waals surface area contributed by atoms with Crippen LogP contribution in [-0.4, -0.2) is 93.7 Å². The third-order valence-corrected chi connectivity index (χ3v) is 4.50. The lowest BCUT2D eigenvalue weighted by Gasteiger charge is -2.20. The summed E-state index contributed by atoms with van der Waals surface area (Å²) in [5.74, 6) is -6.99. The van der Waals surface area contributed by atoms with Crippen molar-refractivity contribution in [1.29, 1.82) is 0 Å². The SMILES string of the molecule is CCOC(=O)C(=O)CSCC(NC(=O)CCC(N)C(=O)O)C(=O)NC(CO)C(=O)O. The number of rotatable bonds is 15. The fourth-order valence-electron chi connectivity index (χ4n) is 1.86. The molecule has 0 saturated heterocycles. The summed E-state index contributed by atoms with van der Waals surface area (Å²) in [6.45, 7) is 0.626. The number of aliphatic hydroxyl groups excluding tert-OH is 1. The largest absolute Gasteiger partial charge is 0.480 e. The van der Waals surface area contributed by atoms with Crippen LogP contribution in [0.15, 0.2) is 0 Å². The van der Waals surface area contributed by atoms with Crippen LogP contribution in [0.25, 0.3) is 0 Å². The van der Waals surface area contributed by atoms with Crippen LogP contribution in [0.2, 0.25) is 0 Å². The van der Waals surface area contributed by atoms with Gasteiger partial charge in [0.2, 0.25) is 17.6 Å². The van der Waals surface area contributed by atoms with Gasteiger partial charge in [-0.15, -0.1) is 0 Å². The fourth-order valence-corrected chi connectivity index (χ4v) is 2.75. The molecule has 0 aliphatic carbocycles. The lowest BCUT2D eigenvalue weighted by molar-refractivity contribution is -0.152. The van der Waals surface area contributed by atoms with Crippen LogP contribution in [0.1, 0.15) is 19.8 Å². The average Bonchev–Trinajstić information content (AvgIpc) is 2.68. The van der Waals surface area contributed by atoms with Crippen molar-refractivity contribution in [1.82, 2.24) is 10.6 Å². The van der Waals surface area contributed by atoms with Gasteiger partial charge in [0.25, 0.3) is 0 Å². The smallest absolute Gasteiger partial charge is 0.375 e. The van der Waals surface area contributed by atoms with E-state index in [0.717, 1.165) is 11.8 Å². The second-order valence-electron chi connectivity index (χ2n) is 5.84. The van der Waals surface area contributed by atoms with Gasteiger partial charge in [0.1, 0.15) is 18.1 Å². The normalized spacial score (nSPS) is 13.4. The van der Waals surface area contributed by atoms with E-state index < -0.39 is 60.2 Å². The van der Waals surface area contributed by atoms with Crippen LogP contribution in [0.3, 0.4) is 0 Å². The highest BCUT2D eigenvalue weighted by Gasteiger charge is 2.27. The van der Waals surface area contributed by atoms with Crippen molar-refractivity contribution in [3.05, 3.63) is 0 Å². The Morgan fingerprint density at radius 1 is 1.03 bits per heavy atom. The Hall–Kier alpha value is -2.71. The van der Waals surface area contributed by atoms with Crippen LogP contribution in [0, 0.1) is 0 Å². The molecule has 7 N–H and O–H groups in total. The molecule has 0 spiro atoms. The molecule has 0 rings (SSSR count). The molecule has 0 saturated carbocycles. The summed E-state index contributed by atoms with van der Waals surface area (Å²) in [7, 11) is 0. The van der Waals surface area contributed by atoms with Gasteiger partial charge in [-0.25, -0.2) is 9.59 Å². The molecule has 0 heterocycles. The Balaban J connectivity index is 4.98. The van der Waals surface area contributed by atoms with E-state index >= 15 is 0 Å². The minimum atomic E-state index is -1.62. The number of aliphatic carboxylic acids is 2. The Morgan fingerprint density at radius 3 is 2.17 bits per heavy atom. The van der Waals surface area contributed by atoms with E-state index in [1.54, 1.807) is 0 Å². The monoisotopic (exact) mass is 451 g/mol. The summed E-state index contributed by atoms with van der Waals surface area (Å²) in [5, 5.41) is 31.0. The number of amides is 2. The Bertz CT molecular complexity index is 657. The van der Waals surface area contributed by atoms with Crippen LogP contribution in [-0.2, 0) is 33.5 Å². The highest BCUT2D eigenvalue weighted by molar-refractivity contribution is 8.00. The number of carboxylic acids is 2. The maximum atomic E-state index is 12.3. The molecule has 0 aromatic rings. The molecule has 0 bridgehead atoms. The van der Waals surface area contributed by atoms with E-state index in [1.165, 1.54) is 6.92 Å². The second kappa shape index (κ2) is 14.3. The third kappa shape index (κ3) is 10.7. The van der Waals surface area contributed by atoms with Crippen LogP contribution in [0.4, 0.5) is 0 Å². The van der Waals surface area contributed by atoms with E-state index in [4.69, 9.17) is 21.1 Å². The highest BCUT2D eigenvalue weighted by Crippen LogP contribution is 2.06. The first-order valence-corrected chi connectivity index (χ1v) is 9.88. The van der Waals surface area contributed by atoms with Crippen molar-refractivity contribution < 1.29 is 48.8 Å². The molecule has 0 fully saturated rings. The van der Waals surface area contributed by atoms with Gasteiger partial charge in [0.15, 0.2) is 0 Å². The molecule has 0 aliphatic rings. The lowest BCUT2D eigenvalue weighted by Crippen LogP contribution is -2.53. The number of carboxylic acid groups (broad SMARTS) is 2. The van der Waals surface area contributed by atoms with Crippen molar-refractivity contribution >= 4 is 47.3 Å². The molecule has 0 aromatic carbocycles. The zero-order valence-electron chi connectivity index (χ0n) is 16.2. The summed E-state index contributed by atoms with van der Waals surface area (Å²) < 4.78 is 4.54. The number of hydrogen-bond acceptors (Lipinski definition) is 10. The van der Waals surface area contributed by atoms with Crippen molar-refractivity contribution in [2.75, 3.05) is 24.7 Å². The topological polar surface area (TPSA) is 222 Å². The lowest BCUT2D eigenvalue weighted by atomic mass is 10.1. The molecular weight excluding hydrogens is 426 g/mol. The molecule has 0 radical (unpaired) electrons. The van der Waals surface area contributed by atoms with Gasteiger partial charge in [0, 0.05) is 12.2 Å². The first-order valence-electron chi connectivity index (χ1n) is 8.72. The van der Waals surface area contributed by atoms with Gasteiger partial charge in [0.05, 0.1) is 19.0 Å². The summed E-state index contributed by atoms with van der Waals surface area (Å²) in [5.41, 5.74) is 5.30. The second-order valence-corrected chi connectivity index (χ2v) is 6.87. The van der Waals surface area contributed by atoms with Gasteiger partial charge in [-0.2, -0.15) is 11.8 Å². The van der Waals surface area contributed by atoms with Gasteiger partial charge in [-0.05, 0) is 13.3 Å². The summed E-state index contributed by atoms with van der Waals surface area (Å²) in [6, 6.07) is -4.24. The maximum Gasteiger partial charge on any atom is 0.375 e. The molecular formula is C16H25N3O10S. The molecule has 0 aromatic heterocycles. The van der Waals surface area contributed by atoms with E-state index in [2.05, 4.69) is 10.1 Å². The Morgan fingerprint density at radius 2 is 1.67 bits per heavy atom. The average molecular weight is 451 g/mol. The minimum absolute atomic E-state index is 0.00649. The van der Waals surface area contributed by atoms with Gasteiger partial charge in [-0.3, -0.25) is 19.2 Å². The third-order valence-electron chi connectivity index (χ3n) is 3.47. The molecule has 0 aliphatic heterocycles. The molecule has 3 atom stereocenters. The van der Waals surface area contributed by atoms with E-state index in [1.807, 2.05) is 5.32 Å². The zero-order chi connectivity index (χ0) is 23.3. The summed E-state index contributed by atoms with van der Waals surface area (Å²) in [4.78, 5) is 68.9. The molecule has 2 amide bonds. The quantitative estimate of drug-likeness (QED) is 0.109. The predicted octanol–water partition coefficient (Wildman–Crippen LogP) is -2.91. The number of ether oxygens (including phenoxy) is 1. The number of aliphatic hydroxyl groups is 1. The number of nitrogens with one attached hydrogen (secondary N) is 2. The standard InChI is InChI=1S/C16H25N3O10S/c1-2-29-16(28)11(21)7-30-6-10(13(23)19-9(5-20)15(26)27)18-12(22)4-3-8(17)14(24)25/h8-10,20H,2-7,17H2,1H3,(H,18,22)(H,19,23)(H,24,25)(H,26,27). The van der Waals surface area contributed by atoms with Crippen molar-refractivity contribution in [2.45, 2.75) is 37.9 Å². The molecule has 13 nitrogen and oxygen atoms in total. The number of carbonyl (C=O) groups is 6. The number of hydrogen-bond donors (Lipinski definition) is 6. The molecule has 170 valence electrons. The van der Waals surface area contributed by atoms with E-state index in [9.17, 15) is 28.8 Å². The highest BCUT2D eigenvalue weighted by atomic mass is 32.2. The van der Waals surface area contributed by atoms with Gasteiger partial charge >= 0.3 is 17.9 Å². The number of nitrogens with two attached hydrogens (primary N) is 1. The first kappa shape index (κ1) is 27.3. The summed E-state index contributed by atoms with van der Waals surface area (Å²) >= 11 is 0.812. The van der Waals surface area contributed by atoms with Crippen LogP contribution < -0.4 is 16.4 Å². The number of esters is 1. The van der Waals surface area contributed by atoms with Crippen molar-refractivity contribution in [2.24, 2.45) is 5.73 Å². The Labute approximate surface area is 175 Å². The van der Waals surface area contributed by atoms with Gasteiger partial charge in [-0.1, -0.05) is 0 Å². The van der Waals surface area contributed by atoms with Crippen LogP contribution in [0.5, 0.6) is 0 Å². The van der Waals surface area contributed by atoms with E-state index in [-0.39, 0.29) is 31.0 Å². The first-order chi connectivity index (χ1) is 14.0. The van der Waals surface area contributed by atoms with Crippen LogP contribution >= 0.6 is 11.8 Å². The van der Waals surface area contributed by atoms with Crippen molar-refractivity contribution in [3.8, 4) is 0 Å². The van der Waals surface area contributed by atoms with Crippen molar-refractivity contribution in [3.63, 3.8) is 0 Å². The predicted molar refractivity (Wildman–Crippen MR) is 102 cm³/mol. The molecule has 3 unspecified atom stereocenters.